The van der Waals surface area contributed by atoms with E-state index in [1.165, 1.54) is 23.0 Å². The van der Waals surface area contributed by atoms with Gasteiger partial charge in [-0.2, -0.15) is 5.10 Å². The number of aromatic amines is 1. The van der Waals surface area contributed by atoms with Crippen LogP contribution in [0.15, 0.2) is 42.7 Å². The highest BCUT2D eigenvalue weighted by atomic mass is 16.5. The summed E-state index contributed by atoms with van der Waals surface area (Å²) < 4.78 is 6.11. The van der Waals surface area contributed by atoms with Crippen molar-refractivity contribution in [3.63, 3.8) is 0 Å². The van der Waals surface area contributed by atoms with Crippen LogP contribution in [-0.4, -0.2) is 15.2 Å². The fourth-order valence-electron chi connectivity index (χ4n) is 2.93. The van der Waals surface area contributed by atoms with Gasteiger partial charge in [0.05, 0.1) is 6.54 Å². The van der Waals surface area contributed by atoms with Crippen molar-refractivity contribution in [1.82, 2.24) is 20.5 Å². The van der Waals surface area contributed by atoms with Gasteiger partial charge in [-0.05, 0) is 48.6 Å². The molecule has 2 aromatic carbocycles. The standard InChI is InChI=1S/C20H24N4O/c1-14-6-4-5-7-18(14)12-25-20-15(2)8-17(9-16(20)3)10-21-11-19-22-13-23-24-19/h4-9,13,21H,10-12H2,1-3H3,(H,22,23,24). The Morgan fingerprint density at radius 3 is 2.44 bits per heavy atom. The lowest BCUT2D eigenvalue weighted by atomic mass is 10.1. The lowest BCUT2D eigenvalue weighted by molar-refractivity contribution is 0.301. The summed E-state index contributed by atoms with van der Waals surface area (Å²) in [5.41, 5.74) is 6.03. The van der Waals surface area contributed by atoms with Crippen LogP contribution in [0.25, 0.3) is 0 Å². The van der Waals surface area contributed by atoms with Gasteiger partial charge in [-0.25, -0.2) is 4.98 Å². The van der Waals surface area contributed by atoms with Gasteiger partial charge >= 0.3 is 0 Å². The van der Waals surface area contributed by atoms with E-state index in [-0.39, 0.29) is 0 Å². The number of H-pyrrole nitrogens is 1. The number of rotatable bonds is 7. The topological polar surface area (TPSA) is 62.8 Å². The van der Waals surface area contributed by atoms with Gasteiger partial charge in [-0.15, -0.1) is 0 Å². The average Bonchev–Trinajstić information content (AvgIpc) is 3.09. The maximum absolute atomic E-state index is 6.11. The Bertz CT molecular complexity index is 804. The predicted octanol–water partition coefficient (Wildman–Crippen LogP) is 3.60. The monoisotopic (exact) mass is 336 g/mol. The molecule has 3 rings (SSSR count). The van der Waals surface area contributed by atoms with Crippen molar-refractivity contribution in [1.29, 1.82) is 0 Å². The van der Waals surface area contributed by atoms with Crippen LogP contribution in [0.5, 0.6) is 5.75 Å². The second kappa shape index (κ2) is 7.94. The minimum Gasteiger partial charge on any atom is -0.488 e. The van der Waals surface area contributed by atoms with Crippen LogP contribution in [0.1, 0.15) is 33.6 Å². The summed E-state index contributed by atoms with van der Waals surface area (Å²) in [5.74, 6) is 1.81. The van der Waals surface area contributed by atoms with Gasteiger partial charge in [0.1, 0.15) is 24.5 Å². The zero-order chi connectivity index (χ0) is 17.6. The molecule has 0 saturated carbocycles. The second-order valence-corrected chi connectivity index (χ2v) is 6.31. The molecule has 0 aliphatic heterocycles. The first-order valence-electron chi connectivity index (χ1n) is 8.46. The molecule has 0 atom stereocenters. The van der Waals surface area contributed by atoms with Gasteiger partial charge in [0.2, 0.25) is 0 Å². The van der Waals surface area contributed by atoms with E-state index in [1.807, 2.05) is 0 Å². The van der Waals surface area contributed by atoms with E-state index in [9.17, 15) is 0 Å². The fraction of sp³-hybridized carbons (Fsp3) is 0.300. The first-order chi connectivity index (χ1) is 12.1. The normalized spacial score (nSPS) is 10.8. The third-order valence-electron chi connectivity index (χ3n) is 4.24. The minimum atomic E-state index is 0.595. The summed E-state index contributed by atoms with van der Waals surface area (Å²) in [7, 11) is 0. The maximum atomic E-state index is 6.11. The van der Waals surface area contributed by atoms with Crippen LogP contribution < -0.4 is 10.1 Å². The number of nitrogens with one attached hydrogen (secondary N) is 2. The Labute approximate surface area is 148 Å². The molecular weight excluding hydrogens is 312 g/mol. The molecule has 0 radical (unpaired) electrons. The zero-order valence-corrected chi connectivity index (χ0v) is 15.0. The van der Waals surface area contributed by atoms with E-state index < -0.39 is 0 Å². The highest BCUT2D eigenvalue weighted by Crippen LogP contribution is 2.26. The van der Waals surface area contributed by atoms with Crippen LogP contribution in [0, 0.1) is 20.8 Å². The van der Waals surface area contributed by atoms with Gasteiger partial charge in [0.25, 0.3) is 0 Å². The minimum absolute atomic E-state index is 0.595. The Morgan fingerprint density at radius 1 is 1.00 bits per heavy atom. The molecule has 0 aliphatic carbocycles. The van der Waals surface area contributed by atoms with Crippen LogP contribution in [0.2, 0.25) is 0 Å². The highest BCUT2D eigenvalue weighted by molar-refractivity contribution is 5.43. The van der Waals surface area contributed by atoms with E-state index in [2.05, 4.69) is 77.7 Å². The fourth-order valence-corrected chi connectivity index (χ4v) is 2.93. The number of hydrogen-bond donors (Lipinski definition) is 2. The van der Waals surface area contributed by atoms with Crippen molar-refractivity contribution in [2.45, 2.75) is 40.5 Å². The third-order valence-corrected chi connectivity index (χ3v) is 4.24. The van der Waals surface area contributed by atoms with Crippen LogP contribution in [0.3, 0.4) is 0 Å². The summed E-state index contributed by atoms with van der Waals surface area (Å²) in [6, 6.07) is 12.7. The molecule has 0 amide bonds. The van der Waals surface area contributed by atoms with Gasteiger partial charge < -0.3 is 10.1 Å². The molecule has 0 fully saturated rings. The first kappa shape index (κ1) is 17.2. The Hall–Kier alpha value is -2.66. The first-order valence-corrected chi connectivity index (χ1v) is 8.46. The average molecular weight is 336 g/mol. The molecule has 1 aromatic heterocycles. The van der Waals surface area contributed by atoms with Crippen molar-refractivity contribution in [3.8, 4) is 5.75 Å². The SMILES string of the molecule is Cc1ccccc1COc1c(C)cc(CNCc2ncn[nH]2)cc1C. The largest absolute Gasteiger partial charge is 0.488 e. The maximum Gasteiger partial charge on any atom is 0.138 e. The molecule has 0 spiro atoms. The van der Waals surface area contributed by atoms with Crippen LogP contribution in [0.4, 0.5) is 0 Å². The van der Waals surface area contributed by atoms with Crippen molar-refractivity contribution < 1.29 is 4.74 Å². The summed E-state index contributed by atoms with van der Waals surface area (Å²) in [4.78, 5) is 4.11. The summed E-state index contributed by atoms with van der Waals surface area (Å²) in [5, 5.41) is 10.1. The molecule has 25 heavy (non-hydrogen) atoms. The molecule has 5 heteroatoms. The Morgan fingerprint density at radius 2 is 1.76 bits per heavy atom. The van der Waals surface area contributed by atoms with E-state index in [4.69, 9.17) is 4.74 Å². The van der Waals surface area contributed by atoms with E-state index in [1.54, 1.807) is 0 Å². The summed E-state index contributed by atoms with van der Waals surface area (Å²) in [6.07, 6.45) is 1.52. The van der Waals surface area contributed by atoms with Crippen molar-refractivity contribution in [2.75, 3.05) is 0 Å². The van der Waals surface area contributed by atoms with Gasteiger partial charge in [-0.1, -0.05) is 36.4 Å². The van der Waals surface area contributed by atoms with Crippen molar-refractivity contribution >= 4 is 0 Å². The highest BCUT2D eigenvalue weighted by Gasteiger charge is 2.08. The van der Waals surface area contributed by atoms with Gasteiger partial charge in [0.15, 0.2) is 0 Å². The molecular formula is C20H24N4O. The number of benzene rings is 2. The molecule has 0 unspecified atom stereocenters. The quantitative estimate of drug-likeness (QED) is 0.692. The number of aryl methyl sites for hydroxylation is 3. The molecule has 2 N–H and O–H groups in total. The molecule has 1 heterocycles. The third kappa shape index (κ3) is 4.45. The second-order valence-electron chi connectivity index (χ2n) is 6.31. The number of ether oxygens (including phenoxy) is 1. The molecule has 5 nitrogen and oxygen atoms in total. The molecule has 130 valence electrons. The Kier molecular flexibility index (Phi) is 5.46. The van der Waals surface area contributed by atoms with Gasteiger partial charge in [-0.3, -0.25) is 5.10 Å². The summed E-state index contributed by atoms with van der Waals surface area (Å²) >= 11 is 0. The Balaban J connectivity index is 1.62. The van der Waals surface area contributed by atoms with Crippen molar-refractivity contribution in [3.05, 3.63) is 76.4 Å². The zero-order valence-electron chi connectivity index (χ0n) is 15.0. The lowest BCUT2D eigenvalue weighted by Gasteiger charge is -2.15. The van der Waals surface area contributed by atoms with E-state index >= 15 is 0 Å². The van der Waals surface area contributed by atoms with Crippen molar-refractivity contribution in [2.24, 2.45) is 0 Å². The molecule has 3 aromatic rings. The molecule has 0 bridgehead atoms. The smallest absolute Gasteiger partial charge is 0.138 e. The van der Waals surface area contributed by atoms with Crippen LogP contribution in [-0.2, 0) is 19.7 Å². The lowest BCUT2D eigenvalue weighted by Crippen LogP contribution is -2.14. The van der Waals surface area contributed by atoms with Crippen LogP contribution >= 0.6 is 0 Å². The molecule has 0 saturated heterocycles. The van der Waals surface area contributed by atoms with E-state index in [0.717, 1.165) is 29.2 Å². The summed E-state index contributed by atoms with van der Waals surface area (Å²) in [6.45, 7) is 8.35. The number of aromatic nitrogens is 3. The van der Waals surface area contributed by atoms with Gasteiger partial charge in [0, 0.05) is 6.54 Å². The number of nitrogens with zero attached hydrogens (tertiary/aromatic N) is 2. The predicted molar refractivity (Wildman–Crippen MR) is 98.4 cm³/mol. The van der Waals surface area contributed by atoms with E-state index in [0.29, 0.717) is 13.2 Å². The number of hydrogen-bond acceptors (Lipinski definition) is 4. The molecule has 0 aliphatic rings.